The van der Waals surface area contributed by atoms with E-state index in [0.29, 0.717) is 15.6 Å². The van der Waals surface area contributed by atoms with Crippen LogP contribution in [0, 0.1) is 0 Å². The molecule has 100 valence electrons. The number of carbonyl (C=O) groups excluding carboxylic acids is 1. The van der Waals surface area contributed by atoms with Gasteiger partial charge in [0.25, 0.3) is 5.91 Å². The molecular weight excluding hydrogens is 309 g/mol. The van der Waals surface area contributed by atoms with Crippen molar-refractivity contribution in [2.75, 3.05) is 6.54 Å². The Morgan fingerprint density at radius 1 is 1.42 bits per heavy atom. The lowest BCUT2D eigenvalue weighted by Gasteiger charge is -2.14. The number of aliphatic hydroxyl groups excluding tert-OH is 1. The SMILES string of the molecule is O=C(NC[C@H](O)c1c(Cl)cccc1Cl)c1csnn1. The Labute approximate surface area is 123 Å². The van der Waals surface area contributed by atoms with E-state index in [1.165, 1.54) is 5.38 Å². The third-order valence-corrected chi connectivity index (χ3v) is 3.55. The van der Waals surface area contributed by atoms with Crippen molar-refractivity contribution in [3.8, 4) is 0 Å². The first-order valence-electron chi connectivity index (χ1n) is 5.27. The molecule has 1 aromatic heterocycles. The molecule has 1 heterocycles. The molecule has 0 unspecified atom stereocenters. The summed E-state index contributed by atoms with van der Waals surface area (Å²) >= 11 is 13.0. The van der Waals surface area contributed by atoms with Gasteiger partial charge in [0.2, 0.25) is 0 Å². The van der Waals surface area contributed by atoms with Gasteiger partial charge in [-0.25, -0.2) is 0 Å². The predicted molar refractivity (Wildman–Crippen MR) is 73.7 cm³/mol. The van der Waals surface area contributed by atoms with Gasteiger partial charge in [-0.3, -0.25) is 4.79 Å². The highest BCUT2D eigenvalue weighted by Gasteiger charge is 2.17. The smallest absolute Gasteiger partial charge is 0.272 e. The number of benzene rings is 1. The molecule has 5 nitrogen and oxygen atoms in total. The number of aliphatic hydroxyl groups is 1. The van der Waals surface area contributed by atoms with Crippen molar-refractivity contribution < 1.29 is 9.90 Å². The molecule has 1 atom stereocenters. The van der Waals surface area contributed by atoms with Crippen molar-refractivity contribution in [1.82, 2.24) is 14.9 Å². The summed E-state index contributed by atoms with van der Waals surface area (Å²) in [7, 11) is 0. The fourth-order valence-corrected chi connectivity index (χ4v) is 2.56. The first kappa shape index (κ1) is 14.2. The Balaban J connectivity index is 2.02. The van der Waals surface area contributed by atoms with Gasteiger partial charge >= 0.3 is 0 Å². The number of hydrogen-bond donors (Lipinski definition) is 2. The monoisotopic (exact) mass is 317 g/mol. The molecule has 19 heavy (non-hydrogen) atoms. The van der Waals surface area contributed by atoms with Crippen LogP contribution in [0.2, 0.25) is 10.0 Å². The maximum atomic E-state index is 11.6. The average Bonchev–Trinajstić information content (AvgIpc) is 2.89. The van der Waals surface area contributed by atoms with Crippen LogP contribution in [0.3, 0.4) is 0 Å². The van der Waals surface area contributed by atoms with Crippen LogP contribution < -0.4 is 5.32 Å². The maximum Gasteiger partial charge on any atom is 0.272 e. The quantitative estimate of drug-likeness (QED) is 0.907. The molecule has 2 rings (SSSR count). The van der Waals surface area contributed by atoms with Gasteiger partial charge < -0.3 is 10.4 Å². The molecule has 0 aliphatic heterocycles. The van der Waals surface area contributed by atoms with E-state index in [9.17, 15) is 9.90 Å². The summed E-state index contributed by atoms with van der Waals surface area (Å²) in [5, 5.41) is 18.4. The fraction of sp³-hybridized carbons (Fsp3) is 0.182. The molecule has 0 fully saturated rings. The lowest BCUT2D eigenvalue weighted by atomic mass is 10.1. The van der Waals surface area contributed by atoms with Crippen LogP contribution in [0.5, 0.6) is 0 Å². The molecule has 1 aromatic carbocycles. The Bertz CT molecular complexity index is 557. The number of rotatable bonds is 4. The highest BCUT2D eigenvalue weighted by molar-refractivity contribution is 7.03. The molecule has 0 aliphatic rings. The second-order valence-electron chi connectivity index (χ2n) is 3.65. The van der Waals surface area contributed by atoms with Gasteiger partial charge in [0, 0.05) is 27.5 Å². The fourth-order valence-electron chi connectivity index (χ4n) is 1.47. The van der Waals surface area contributed by atoms with Crippen molar-refractivity contribution in [3.63, 3.8) is 0 Å². The number of carbonyl (C=O) groups is 1. The summed E-state index contributed by atoms with van der Waals surface area (Å²) in [5.74, 6) is -0.407. The van der Waals surface area contributed by atoms with Crippen molar-refractivity contribution in [1.29, 1.82) is 0 Å². The van der Waals surface area contributed by atoms with Gasteiger partial charge in [0.15, 0.2) is 5.69 Å². The van der Waals surface area contributed by atoms with Crippen molar-refractivity contribution in [2.24, 2.45) is 0 Å². The van der Waals surface area contributed by atoms with E-state index < -0.39 is 12.0 Å². The number of aromatic nitrogens is 2. The van der Waals surface area contributed by atoms with Crippen LogP contribution in [-0.2, 0) is 0 Å². The van der Waals surface area contributed by atoms with Gasteiger partial charge in [0.1, 0.15) is 0 Å². The summed E-state index contributed by atoms with van der Waals surface area (Å²) in [5.41, 5.74) is 0.602. The van der Waals surface area contributed by atoms with Crippen LogP contribution in [-0.4, -0.2) is 27.1 Å². The molecule has 0 spiro atoms. The largest absolute Gasteiger partial charge is 0.386 e. The summed E-state index contributed by atoms with van der Waals surface area (Å²) in [6, 6.07) is 4.93. The second-order valence-corrected chi connectivity index (χ2v) is 5.08. The molecule has 0 bridgehead atoms. The molecule has 2 N–H and O–H groups in total. The van der Waals surface area contributed by atoms with Crippen LogP contribution in [0.4, 0.5) is 0 Å². The Kier molecular flexibility index (Phi) is 4.71. The Morgan fingerprint density at radius 3 is 2.68 bits per heavy atom. The van der Waals surface area contributed by atoms with Gasteiger partial charge in [-0.15, -0.1) is 5.10 Å². The van der Waals surface area contributed by atoms with Gasteiger partial charge in [0.05, 0.1) is 6.10 Å². The first-order valence-corrected chi connectivity index (χ1v) is 6.86. The van der Waals surface area contributed by atoms with E-state index in [0.717, 1.165) is 11.5 Å². The Morgan fingerprint density at radius 2 is 2.11 bits per heavy atom. The molecule has 8 heteroatoms. The minimum Gasteiger partial charge on any atom is -0.386 e. The summed E-state index contributed by atoms with van der Waals surface area (Å²) in [6.45, 7) is -0.0141. The highest BCUT2D eigenvalue weighted by Crippen LogP contribution is 2.29. The minimum absolute atomic E-state index is 0.0141. The average molecular weight is 318 g/mol. The molecule has 1 amide bonds. The molecule has 2 aromatic rings. The molecule has 0 saturated heterocycles. The highest BCUT2D eigenvalue weighted by atomic mass is 35.5. The second kappa shape index (κ2) is 6.29. The lowest BCUT2D eigenvalue weighted by Crippen LogP contribution is -2.28. The molecule has 0 saturated carbocycles. The van der Waals surface area contributed by atoms with E-state index in [1.54, 1.807) is 18.2 Å². The number of hydrogen-bond acceptors (Lipinski definition) is 5. The summed E-state index contributed by atoms with van der Waals surface area (Å²) in [4.78, 5) is 11.6. The van der Waals surface area contributed by atoms with Crippen molar-refractivity contribution in [3.05, 3.63) is 44.9 Å². The van der Waals surface area contributed by atoms with Crippen molar-refractivity contribution in [2.45, 2.75) is 6.10 Å². The van der Waals surface area contributed by atoms with Crippen LogP contribution >= 0.6 is 34.7 Å². The number of halogens is 2. The number of nitrogens with one attached hydrogen (secondary N) is 1. The normalized spacial score (nSPS) is 12.2. The zero-order valence-corrected chi connectivity index (χ0v) is 11.8. The van der Waals surface area contributed by atoms with E-state index in [2.05, 4.69) is 14.9 Å². The number of nitrogens with zero attached hydrogens (tertiary/aromatic N) is 2. The zero-order chi connectivity index (χ0) is 13.8. The van der Waals surface area contributed by atoms with Crippen LogP contribution in [0.1, 0.15) is 22.2 Å². The minimum atomic E-state index is -0.989. The van der Waals surface area contributed by atoms with Crippen LogP contribution in [0.15, 0.2) is 23.6 Å². The van der Waals surface area contributed by atoms with E-state index in [1.807, 2.05) is 0 Å². The third kappa shape index (κ3) is 3.42. The zero-order valence-electron chi connectivity index (χ0n) is 9.51. The predicted octanol–water partition coefficient (Wildman–Crippen LogP) is 2.31. The molecule has 0 aliphatic carbocycles. The lowest BCUT2D eigenvalue weighted by molar-refractivity contribution is 0.0911. The van der Waals surface area contributed by atoms with Gasteiger partial charge in [-0.05, 0) is 23.7 Å². The van der Waals surface area contributed by atoms with Crippen LogP contribution in [0.25, 0.3) is 0 Å². The number of amides is 1. The maximum absolute atomic E-state index is 11.6. The van der Waals surface area contributed by atoms with Gasteiger partial charge in [-0.2, -0.15) is 0 Å². The van der Waals surface area contributed by atoms with E-state index >= 15 is 0 Å². The Hall–Kier alpha value is -1.21. The third-order valence-electron chi connectivity index (χ3n) is 2.38. The summed E-state index contributed by atoms with van der Waals surface area (Å²) in [6.07, 6.45) is -0.989. The molecular formula is C11H9Cl2N3O2S. The van der Waals surface area contributed by atoms with Crippen molar-refractivity contribution >= 4 is 40.6 Å². The van der Waals surface area contributed by atoms with E-state index in [-0.39, 0.29) is 12.2 Å². The molecule has 0 radical (unpaired) electrons. The standard InChI is InChI=1S/C11H9Cl2N3O2S/c12-6-2-1-3-7(13)10(6)9(17)4-14-11(18)8-5-19-16-15-8/h1-3,5,9,17H,4H2,(H,14,18)/t9-/m0/s1. The van der Waals surface area contributed by atoms with Gasteiger partial charge in [-0.1, -0.05) is 33.8 Å². The summed E-state index contributed by atoms with van der Waals surface area (Å²) < 4.78 is 3.58. The van der Waals surface area contributed by atoms with E-state index in [4.69, 9.17) is 23.2 Å². The first-order chi connectivity index (χ1) is 9.09. The topological polar surface area (TPSA) is 75.1 Å².